The molecule has 1 atom stereocenters. The summed E-state index contributed by atoms with van der Waals surface area (Å²) in [5.41, 5.74) is 1.57. The Morgan fingerprint density at radius 2 is 2.33 bits per heavy atom. The zero-order chi connectivity index (χ0) is 13.0. The zero-order valence-electron chi connectivity index (χ0n) is 11.2. The van der Waals surface area contributed by atoms with Crippen LogP contribution in [0, 0.1) is 12.8 Å². The summed E-state index contributed by atoms with van der Waals surface area (Å²) in [6.45, 7) is 6.87. The third kappa shape index (κ3) is 3.10. The van der Waals surface area contributed by atoms with Gasteiger partial charge in [-0.05, 0) is 45.2 Å². The molecule has 0 saturated carbocycles. The highest BCUT2D eigenvalue weighted by Gasteiger charge is 2.13. The van der Waals surface area contributed by atoms with Gasteiger partial charge in [0.25, 0.3) is 5.56 Å². The maximum absolute atomic E-state index is 11.7. The van der Waals surface area contributed by atoms with Crippen LogP contribution in [0.1, 0.15) is 31.0 Å². The van der Waals surface area contributed by atoms with Crippen molar-refractivity contribution in [3.63, 3.8) is 0 Å². The number of nitrogens with one attached hydrogen (secondary N) is 3. The SMILES string of the molecule is CCc1nc(NCC2CCCNC2)[nH]c(=O)c1C. The quantitative estimate of drug-likeness (QED) is 0.747. The number of nitrogens with zero attached hydrogens (tertiary/aromatic N) is 1. The molecule has 18 heavy (non-hydrogen) atoms. The van der Waals surface area contributed by atoms with E-state index < -0.39 is 0 Å². The van der Waals surface area contributed by atoms with Gasteiger partial charge in [0.05, 0.1) is 5.69 Å². The summed E-state index contributed by atoms with van der Waals surface area (Å²) in [7, 11) is 0. The molecule has 5 heteroatoms. The van der Waals surface area contributed by atoms with Gasteiger partial charge in [0.1, 0.15) is 0 Å². The summed E-state index contributed by atoms with van der Waals surface area (Å²) >= 11 is 0. The molecule has 0 aliphatic carbocycles. The number of piperidine rings is 1. The molecule has 2 heterocycles. The first-order valence-electron chi connectivity index (χ1n) is 6.75. The molecule has 0 bridgehead atoms. The molecule has 0 spiro atoms. The van der Waals surface area contributed by atoms with E-state index in [1.54, 1.807) is 0 Å². The molecule has 0 radical (unpaired) electrons. The minimum Gasteiger partial charge on any atom is -0.355 e. The fourth-order valence-electron chi connectivity index (χ4n) is 2.35. The van der Waals surface area contributed by atoms with Crippen LogP contribution in [0.3, 0.4) is 0 Å². The summed E-state index contributed by atoms with van der Waals surface area (Å²) in [5, 5.41) is 6.63. The number of anilines is 1. The molecule has 0 amide bonds. The van der Waals surface area contributed by atoms with E-state index in [0.29, 0.717) is 11.9 Å². The highest BCUT2D eigenvalue weighted by molar-refractivity contribution is 5.29. The van der Waals surface area contributed by atoms with Crippen LogP contribution in [-0.2, 0) is 6.42 Å². The molecule has 1 aromatic heterocycles. The zero-order valence-corrected chi connectivity index (χ0v) is 11.2. The second kappa shape index (κ2) is 6.00. The van der Waals surface area contributed by atoms with E-state index in [-0.39, 0.29) is 5.56 Å². The Bertz CT molecular complexity index is 449. The number of aromatic amines is 1. The Morgan fingerprint density at radius 3 is 3.00 bits per heavy atom. The molecule has 100 valence electrons. The Hall–Kier alpha value is -1.36. The summed E-state index contributed by atoms with van der Waals surface area (Å²) in [4.78, 5) is 19.0. The van der Waals surface area contributed by atoms with Gasteiger partial charge in [-0.1, -0.05) is 6.92 Å². The van der Waals surface area contributed by atoms with Gasteiger partial charge in [0.2, 0.25) is 5.95 Å². The molecule has 0 aromatic carbocycles. The van der Waals surface area contributed by atoms with Crippen molar-refractivity contribution in [3.8, 4) is 0 Å². The lowest BCUT2D eigenvalue weighted by Gasteiger charge is -2.23. The van der Waals surface area contributed by atoms with Crippen LogP contribution in [0.4, 0.5) is 5.95 Å². The third-order valence-corrected chi connectivity index (χ3v) is 3.54. The Labute approximate surface area is 107 Å². The lowest BCUT2D eigenvalue weighted by Crippen LogP contribution is -2.34. The number of rotatable bonds is 4. The first-order chi connectivity index (χ1) is 8.70. The summed E-state index contributed by atoms with van der Waals surface area (Å²) < 4.78 is 0. The molecular formula is C13H22N4O. The Balaban J connectivity index is 2.00. The van der Waals surface area contributed by atoms with Crippen molar-refractivity contribution in [1.82, 2.24) is 15.3 Å². The van der Waals surface area contributed by atoms with Gasteiger partial charge < -0.3 is 10.6 Å². The van der Waals surface area contributed by atoms with Gasteiger partial charge in [-0.15, -0.1) is 0 Å². The largest absolute Gasteiger partial charge is 0.355 e. The molecule has 2 rings (SSSR count). The standard InChI is InChI=1S/C13H22N4O/c1-3-11-9(2)12(18)17-13(16-11)15-8-10-5-4-6-14-7-10/h10,14H,3-8H2,1-2H3,(H2,15,16,17,18). The van der Waals surface area contributed by atoms with Crippen LogP contribution < -0.4 is 16.2 Å². The smallest absolute Gasteiger partial charge is 0.255 e. The average Bonchev–Trinajstić information content (AvgIpc) is 2.41. The molecular weight excluding hydrogens is 228 g/mol. The molecule has 1 aliphatic rings. The average molecular weight is 250 g/mol. The van der Waals surface area contributed by atoms with Crippen molar-refractivity contribution in [3.05, 3.63) is 21.6 Å². The molecule has 1 saturated heterocycles. The van der Waals surface area contributed by atoms with E-state index in [1.165, 1.54) is 12.8 Å². The van der Waals surface area contributed by atoms with Crippen LogP contribution in [0.25, 0.3) is 0 Å². The summed E-state index contributed by atoms with van der Waals surface area (Å²) in [5.74, 6) is 1.23. The van der Waals surface area contributed by atoms with Crippen molar-refractivity contribution >= 4 is 5.95 Å². The van der Waals surface area contributed by atoms with Crippen molar-refractivity contribution in [2.45, 2.75) is 33.1 Å². The van der Waals surface area contributed by atoms with E-state index in [9.17, 15) is 4.79 Å². The van der Waals surface area contributed by atoms with Crippen LogP contribution in [-0.4, -0.2) is 29.6 Å². The van der Waals surface area contributed by atoms with Crippen molar-refractivity contribution < 1.29 is 0 Å². The predicted molar refractivity (Wildman–Crippen MR) is 73.1 cm³/mol. The van der Waals surface area contributed by atoms with E-state index in [1.807, 2.05) is 13.8 Å². The summed E-state index contributed by atoms with van der Waals surface area (Å²) in [6, 6.07) is 0. The first kappa shape index (κ1) is 13.1. The number of hydrogen-bond acceptors (Lipinski definition) is 4. The monoisotopic (exact) mass is 250 g/mol. The van der Waals surface area contributed by atoms with E-state index in [0.717, 1.165) is 37.3 Å². The summed E-state index contributed by atoms with van der Waals surface area (Å²) in [6.07, 6.45) is 3.25. The topological polar surface area (TPSA) is 69.8 Å². The lowest BCUT2D eigenvalue weighted by atomic mass is 10.00. The molecule has 1 aromatic rings. The van der Waals surface area contributed by atoms with Gasteiger partial charge in [-0.2, -0.15) is 0 Å². The fourth-order valence-corrected chi connectivity index (χ4v) is 2.35. The number of aromatic nitrogens is 2. The van der Waals surface area contributed by atoms with Crippen molar-refractivity contribution in [1.29, 1.82) is 0 Å². The van der Waals surface area contributed by atoms with Crippen LogP contribution >= 0.6 is 0 Å². The minimum atomic E-state index is -0.0360. The van der Waals surface area contributed by atoms with Crippen LogP contribution in [0.5, 0.6) is 0 Å². The maximum Gasteiger partial charge on any atom is 0.255 e. The van der Waals surface area contributed by atoms with Gasteiger partial charge in [-0.25, -0.2) is 4.98 Å². The Kier molecular flexibility index (Phi) is 4.36. The first-order valence-corrected chi connectivity index (χ1v) is 6.75. The van der Waals surface area contributed by atoms with Gasteiger partial charge >= 0.3 is 0 Å². The van der Waals surface area contributed by atoms with E-state index in [4.69, 9.17) is 0 Å². The van der Waals surface area contributed by atoms with Crippen molar-refractivity contribution in [2.24, 2.45) is 5.92 Å². The maximum atomic E-state index is 11.7. The molecule has 1 aliphatic heterocycles. The van der Waals surface area contributed by atoms with Gasteiger partial charge in [-0.3, -0.25) is 9.78 Å². The highest BCUT2D eigenvalue weighted by Crippen LogP contribution is 2.10. The molecule has 1 unspecified atom stereocenters. The van der Waals surface area contributed by atoms with E-state index >= 15 is 0 Å². The predicted octanol–water partition coefficient (Wildman–Crippen LogP) is 1.05. The number of hydrogen-bond donors (Lipinski definition) is 3. The van der Waals surface area contributed by atoms with Gasteiger partial charge in [0, 0.05) is 12.1 Å². The molecule has 1 fully saturated rings. The van der Waals surface area contributed by atoms with Crippen LogP contribution in [0.2, 0.25) is 0 Å². The highest BCUT2D eigenvalue weighted by atomic mass is 16.1. The minimum absolute atomic E-state index is 0.0360. The normalized spacial score (nSPS) is 19.8. The fraction of sp³-hybridized carbons (Fsp3) is 0.692. The van der Waals surface area contributed by atoms with Crippen molar-refractivity contribution in [2.75, 3.05) is 25.0 Å². The molecule has 5 nitrogen and oxygen atoms in total. The number of aryl methyl sites for hydroxylation is 1. The second-order valence-corrected chi connectivity index (χ2v) is 4.93. The number of H-pyrrole nitrogens is 1. The third-order valence-electron chi connectivity index (χ3n) is 3.54. The van der Waals surface area contributed by atoms with E-state index in [2.05, 4.69) is 20.6 Å². The van der Waals surface area contributed by atoms with Crippen LogP contribution in [0.15, 0.2) is 4.79 Å². The van der Waals surface area contributed by atoms with Gasteiger partial charge in [0.15, 0.2) is 0 Å². The lowest BCUT2D eigenvalue weighted by molar-refractivity contribution is 0.392. The Morgan fingerprint density at radius 1 is 1.50 bits per heavy atom. The second-order valence-electron chi connectivity index (χ2n) is 4.93. The molecule has 3 N–H and O–H groups in total.